The Balaban J connectivity index is 1.81. The summed E-state index contributed by atoms with van der Waals surface area (Å²) >= 11 is 5.84. The van der Waals surface area contributed by atoms with Crippen molar-refractivity contribution in [2.75, 3.05) is 31.8 Å². The fourth-order valence-electron chi connectivity index (χ4n) is 2.91. The molecule has 1 atom stereocenters. The number of aliphatic hydroxyl groups excluding tert-OH is 1. The van der Waals surface area contributed by atoms with E-state index in [1.807, 2.05) is 0 Å². The van der Waals surface area contributed by atoms with Crippen LogP contribution < -0.4 is 15.4 Å². The van der Waals surface area contributed by atoms with Gasteiger partial charge in [0, 0.05) is 37.1 Å². The molecule has 32 heavy (non-hydrogen) atoms. The molecule has 9 heteroatoms. The molecule has 0 saturated heterocycles. The molecule has 0 fully saturated rings. The Kier molecular flexibility index (Phi) is 7.29. The van der Waals surface area contributed by atoms with Crippen molar-refractivity contribution >= 4 is 34.8 Å². The van der Waals surface area contributed by atoms with Gasteiger partial charge in [-0.15, -0.1) is 0 Å². The van der Waals surface area contributed by atoms with Crippen molar-refractivity contribution in [3.63, 3.8) is 0 Å². The van der Waals surface area contributed by atoms with Crippen LogP contribution in [0.5, 0.6) is 5.75 Å². The molecule has 8 nitrogen and oxygen atoms in total. The van der Waals surface area contributed by atoms with E-state index in [2.05, 4.69) is 15.6 Å². The molecule has 3 aromatic rings. The molecule has 1 heterocycles. The molecule has 4 N–H and O–H groups in total. The van der Waals surface area contributed by atoms with Crippen LogP contribution in [0.2, 0.25) is 5.02 Å². The Morgan fingerprint density at radius 3 is 2.47 bits per heavy atom. The van der Waals surface area contributed by atoms with E-state index in [4.69, 9.17) is 21.7 Å². The molecule has 1 amide bonds. The lowest BCUT2D eigenvalue weighted by molar-refractivity contribution is 0.102. The monoisotopic (exact) mass is 453 g/mol. The molecule has 0 aliphatic heterocycles. The third-order valence-electron chi connectivity index (χ3n) is 4.68. The molecule has 0 bridgehead atoms. The van der Waals surface area contributed by atoms with Crippen molar-refractivity contribution in [2.45, 2.75) is 6.23 Å². The highest BCUT2D eigenvalue weighted by Gasteiger charge is 2.17. The van der Waals surface area contributed by atoms with Crippen molar-refractivity contribution in [3.05, 3.63) is 82.5 Å². The third kappa shape index (κ3) is 5.54. The summed E-state index contributed by atoms with van der Waals surface area (Å²) in [5.74, 6) is 0.769. The molecule has 0 saturated carbocycles. The highest BCUT2D eigenvalue weighted by Crippen LogP contribution is 2.26. The third-order valence-corrected chi connectivity index (χ3v) is 4.90. The fourth-order valence-corrected chi connectivity index (χ4v) is 3.02. The summed E-state index contributed by atoms with van der Waals surface area (Å²) in [6, 6.07) is 15.1. The van der Waals surface area contributed by atoms with Crippen LogP contribution >= 0.6 is 11.6 Å². The standard InChI is InChI=1S/C23H24ClN5O3/c1-29(2)21(25)14-4-6-15(7-5-14)22(30)27-19-10-9-17(32-3)12-18(19)23(31)28-20-11-8-16(24)13-26-20/h4-13,22,25,27,30H,1-3H3,(H,26,28,31). The number of ether oxygens (including phenoxy) is 1. The quantitative estimate of drug-likeness (QED) is 0.244. The zero-order valence-corrected chi connectivity index (χ0v) is 18.6. The van der Waals surface area contributed by atoms with Crippen molar-refractivity contribution in [1.82, 2.24) is 9.88 Å². The van der Waals surface area contributed by atoms with E-state index in [-0.39, 0.29) is 5.56 Å². The van der Waals surface area contributed by atoms with Gasteiger partial charge in [-0.2, -0.15) is 0 Å². The van der Waals surface area contributed by atoms with Gasteiger partial charge in [-0.05, 0) is 30.3 Å². The number of aromatic nitrogens is 1. The Labute approximate surface area is 191 Å². The van der Waals surface area contributed by atoms with Crippen molar-refractivity contribution < 1.29 is 14.6 Å². The minimum atomic E-state index is -1.08. The number of nitrogens with zero attached hydrogens (tertiary/aromatic N) is 2. The van der Waals surface area contributed by atoms with E-state index < -0.39 is 12.1 Å². The smallest absolute Gasteiger partial charge is 0.259 e. The normalized spacial score (nSPS) is 11.4. The molecular weight excluding hydrogens is 430 g/mol. The second-order valence-electron chi connectivity index (χ2n) is 7.14. The van der Waals surface area contributed by atoms with Gasteiger partial charge in [0.05, 0.1) is 17.7 Å². The average molecular weight is 454 g/mol. The molecule has 166 valence electrons. The van der Waals surface area contributed by atoms with E-state index in [1.54, 1.807) is 73.6 Å². The first-order valence-electron chi connectivity index (χ1n) is 9.70. The molecule has 0 radical (unpaired) electrons. The van der Waals surface area contributed by atoms with Crippen LogP contribution in [0.15, 0.2) is 60.8 Å². The van der Waals surface area contributed by atoms with Crippen molar-refractivity contribution in [3.8, 4) is 5.75 Å². The predicted octanol–water partition coefficient (Wildman–Crippen LogP) is 3.99. The number of amides is 1. The lowest BCUT2D eigenvalue weighted by atomic mass is 10.1. The summed E-state index contributed by atoms with van der Waals surface area (Å²) in [6.07, 6.45) is 0.358. The maximum absolute atomic E-state index is 12.9. The fraction of sp³-hybridized carbons (Fsp3) is 0.174. The molecule has 1 unspecified atom stereocenters. The molecule has 3 rings (SSSR count). The zero-order valence-electron chi connectivity index (χ0n) is 17.9. The maximum atomic E-state index is 12.9. The number of rotatable bonds is 7. The topological polar surface area (TPSA) is 111 Å². The van der Waals surface area contributed by atoms with Crippen molar-refractivity contribution in [1.29, 1.82) is 5.41 Å². The van der Waals surface area contributed by atoms with Crippen LogP contribution in [-0.4, -0.2) is 47.9 Å². The van der Waals surface area contributed by atoms with Gasteiger partial charge in [0.1, 0.15) is 17.4 Å². The molecule has 1 aromatic heterocycles. The average Bonchev–Trinajstić information content (AvgIpc) is 2.80. The van der Waals surface area contributed by atoms with Crippen molar-refractivity contribution in [2.24, 2.45) is 0 Å². The zero-order chi connectivity index (χ0) is 23.3. The highest BCUT2D eigenvalue weighted by molar-refractivity contribution is 6.30. The second-order valence-corrected chi connectivity index (χ2v) is 7.58. The lowest BCUT2D eigenvalue weighted by Crippen LogP contribution is -2.21. The van der Waals surface area contributed by atoms with Gasteiger partial charge in [-0.25, -0.2) is 4.98 Å². The van der Waals surface area contributed by atoms with Gasteiger partial charge >= 0.3 is 0 Å². The van der Waals surface area contributed by atoms with E-state index in [1.165, 1.54) is 13.3 Å². The van der Waals surface area contributed by atoms with Gasteiger partial charge in [0.15, 0.2) is 6.23 Å². The number of nitrogens with one attached hydrogen (secondary N) is 3. The minimum absolute atomic E-state index is 0.270. The van der Waals surface area contributed by atoms with Crippen LogP contribution in [0.3, 0.4) is 0 Å². The van der Waals surface area contributed by atoms with Crippen LogP contribution in [0, 0.1) is 5.41 Å². The Bertz CT molecular complexity index is 1100. The summed E-state index contributed by atoms with van der Waals surface area (Å²) < 4.78 is 5.24. The Morgan fingerprint density at radius 2 is 1.88 bits per heavy atom. The number of hydrogen-bond donors (Lipinski definition) is 4. The second kappa shape index (κ2) is 10.1. The number of pyridine rings is 1. The number of benzene rings is 2. The molecular formula is C23H24ClN5O3. The molecule has 0 spiro atoms. The van der Waals surface area contributed by atoms with Gasteiger partial charge < -0.3 is 25.4 Å². The summed E-state index contributed by atoms with van der Waals surface area (Å²) in [5, 5.41) is 24.9. The number of halogens is 1. The first kappa shape index (κ1) is 23.1. The van der Waals surface area contributed by atoms with Gasteiger partial charge in [-0.1, -0.05) is 35.9 Å². The van der Waals surface area contributed by atoms with Crippen LogP contribution in [0.4, 0.5) is 11.5 Å². The Morgan fingerprint density at radius 1 is 1.16 bits per heavy atom. The number of methoxy groups -OCH3 is 1. The number of aliphatic hydroxyl groups is 1. The van der Waals surface area contributed by atoms with Crippen LogP contribution in [0.1, 0.15) is 27.7 Å². The number of anilines is 2. The summed E-state index contributed by atoms with van der Waals surface area (Å²) in [6.45, 7) is 0. The number of carbonyl (C=O) groups excluding carboxylic acids is 1. The Hall–Kier alpha value is -3.62. The van der Waals surface area contributed by atoms with Gasteiger partial charge in [0.25, 0.3) is 5.91 Å². The highest BCUT2D eigenvalue weighted by atomic mass is 35.5. The first-order chi connectivity index (χ1) is 15.3. The summed E-state index contributed by atoms with van der Waals surface area (Å²) in [5.41, 5.74) is 1.99. The predicted molar refractivity (Wildman–Crippen MR) is 126 cm³/mol. The van der Waals surface area contributed by atoms with Gasteiger partial charge in [-0.3, -0.25) is 10.2 Å². The number of hydrogen-bond acceptors (Lipinski definition) is 6. The number of amidine groups is 1. The summed E-state index contributed by atoms with van der Waals surface area (Å²) in [4.78, 5) is 18.7. The largest absolute Gasteiger partial charge is 0.497 e. The van der Waals surface area contributed by atoms with Gasteiger partial charge in [0.2, 0.25) is 0 Å². The first-order valence-corrected chi connectivity index (χ1v) is 10.1. The minimum Gasteiger partial charge on any atom is -0.497 e. The number of carbonyl (C=O) groups is 1. The molecule has 0 aliphatic rings. The SMILES string of the molecule is COc1ccc(NC(O)c2ccc(C(=N)N(C)C)cc2)c(C(=O)Nc2ccc(Cl)cn2)c1. The van der Waals surface area contributed by atoms with Crippen LogP contribution in [0.25, 0.3) is 0 Å². The van der Waals surface area contributed by atoms with E-state index in [9.17, 15) is 9.90 Å². The molecule has 2 aromatic carbocycles. The van der Waals surface area contributed by atoms with Crippen LogP contribution in [-0.2, 0) is 0 Å². The molecule has 0 aliphatic carbocycles. The van der Waals surface area contributed by atoms with E-state index in [0.29, 0.717) is 33.7 Å². The summed E-state index contributed by atoms with van der Waals surface area (Å²) in [7, 11) is 5.09. The lowest BCUT2D eigenvalue weighted by Gasteiger charge is -2.19. The maximum Gasteiger partial charge on any atom is 0.259 e. The van der Waals surface area contributed by atoms with E-state index >= 15 is 0 Å². The van der Waals surface area contributed by atoms with E-state index in [0.717, 1.165) is 5.56 Å².